The Morgan fingerprint density at radius 1 is 1.60 bits per heavy atom. The molecule has 0 bridgehead atoms. The van der Waals surface area contributed by atoms with Crippen LogP contribution in [0.15, 0.2) is 4.42 Å². The summed E-state index contributed by atoms with van der Waals surface area (Å²) in [7, 11) is 0. The van der Waals surface area contributed by atoms with Crippen LogP contribution in [0.2, 0.25) is 0 Å². The van der Waals surface area contributed by atoms with E-state index in [0.717, 1.165) is 0 Å². The minimum atomic E-state index is -1.13. The maximum absolute atomic E-state index is 10.8. The van der Waals surface area contributed by atoms with Crippen LogP contribution in [0.25, 0.3) is 0 Å². The van der Waals surface area contributed by atoms with Crippen molar-refractivity contribution in [3.63, 3.8) is 0 Å². The molecule has 1 N–H and O–H groups in total. The van der Waals surface area contributed by atoms with Crippen molar-refractivity contribution in [3.8, 4) is 5.95 Å². The summed E-state index contributed by atoms with van der Waals surface area (Å²) in [6.45, 7) is 6.13. The van der Waals surface area contributed by atoms with Gasteiger partial charge in [0.15, 0.2) is 5.89 Å². The summed E-state index contributed by atoms with van der Waals surface area (Å²) in [4.78, 5) is 14.7. The second-order valence-electron chi connectivity index (χ2n) is 3.58. The van der Waals surface area contributed by atoms with E-state index in [4.69, 9.17) is 14.3 Å². The van der Waals surface area contributed by atoms with E-state index in [1.807, 2.05) is 13.8 Å². The van der Waals surface area contributed by atoms with Crippen molar-refractivity contribution in [2.75, 3.05) is 6.61 Å². The topological polar surface area (TPSA) is 72.6 Å². The first-order chi connectivity index (χ1) is 7.04. The smallest absolute Gasteiger partial charge is 0.362 e. The number of hydrogen-bond acceptors (Lipinski definition) is 4. The lowest BCUT2D eigenvalue weighted by atomic mass is 10.1. The lowest BCUT2D eigenvalue weighted by molar-refractivity contribution is 0.0683. The van der Waals surface area contributed by atoms with Crippen molar-refractivity contribution in [1.29, 1.82) is 0 Å². The van der Waals surface area contributed by atoms with Crippen LogP contribution < -0.4 is 4.74 Å². The van der Waals surface area contributed by atoms with Gasteiger partial charge in [-0.15, -0.1) is 0 Å². The quantitative estimate of drug-likeness (QED) is 0.809. The van der Waals surface area contributed by atoms with Crippen LogP contribution in [0, 0.1) is 5.92 Å². The number of carbonyl (C=O) groups is 1. The summed E-state index contributed by atoms with van der Waals surface area (Å²) in [5.41, 5.74) is -0.146. The van der Waals surface area contributed by atoms with Gasteiger partial charge < -0.3 is 14.3 Å². The Bertz CT molecular complexity index is 343. The van der Waals surface area contributed by atoms with Crippen molar-refractivity contribution in [2.45, 2.75) is 27.2 Å². The molecular formula is C10H15NO4. The van der Waals surface area contributed by atoms with E-state index >= 15 is 0 Å². The summed E-state index contributed by atoms with van der Waals surface area (Å²) in [5.74, 6) is -0.358. The van der Waals surface area contributed by atoms with Gasteiger partial charge in [-0.2, -0.15) is 0 Å². The number of aromatic carboxylic acids is 1. The van der Waals surface area contributed by atoms with Crippen molar-refractivity contribution in [3.05, 3.63) is 11.6 Å². The van der Waals surface area contributed by atoms with E-state index in [1.165, 1.54) is 0 Å². The highest BCUT2D eigenvalue weighted by Crippen LogP contribution is 2.21. The number of hydrogen-bond donors (Lipinski definition) is 1. The Balaban J connectivity index is 2.93. The first-order valence-corrected chi connectivity index (χ1v) is 4.90. The number of rotatable bonds is 5. The van der Waals surface area contributed by atoms with Gasteiger partial charge in [0.05, 0.1) is 6.61 Å². The molecule has 0 fully saturated rings. The minimum Gasteiger partial charge on any atom is -0.476 e. The lowest BCUT2D eigenvalue weighted by Gasteiger charge is -1.98. The van der Waals surface area contributed by atoms with Crippen LogP contribution in [-0.2, 0) is 6.42 Å². The lowest BCUT2D eigenvalue weighted by Crippen LogP contribution is -2.02. The Kier molecular flexibility index (Phi) is 3.71. The molecule has 1 rings (SSSR count). The summed E-state index contributed by atoms with van der Waals surface area (Å²) < 4.78 is 10.3. The third kappa shape index (κ3) is 2.97. The van der Waals surface area contributed by atoms with E-state index in [1.54, 1.807) is 6.92 Å². The fourth-order valence-electron chi connectivity index (χ4n) is 1.15. The summed E-state index contributed by atoms with van der Waals surface area (Å²) in [5, 5.41) is 8.84. The van der Waals surface area contributed by atoms with Crippen LogP contribution >= 0.6 is 0 Å². The SMILES string of the molecule is CCOc1oc(CC(C)C)nc1C(=O)O. The molecule has 84 valence electrons. The van der Waals surface area contributed by atoms with Gasteiger partial charge in [0.25, 0.3) is 0 Å². The predicted molar refractivity (Wildman–Crippen MR) is 53.2 cm³/mol. The number of ether oxygens (including phenoxy) is 1. The van der Waals surface area contributed by atoms with Gasteiger partial charge in [-0.3, -0.25) is 0 Å². The Morgan fingerprint density at radius 2 is 2.27 bits per heavy atom. The molecular weight excluding hydrogens is 198 g/mol. The molecule has 0 unspecified atom stereocenters. The molecule has 0 aliphatic heterocycles. The normalized spacial score (nSPS) is 10.7. The number of oxazole rings is 1. The highest BCUT2D eigenvalue weighted by Gasteiger charge is 2.20. The van der Waals surface area contributed by atoms with Gasteiger partial charge in [0.1, 0.15) is 0 Å². The fraction of sp³-hybridized carbons (Fsp3) is 0.600. The molecule has 15 heavy (non-hydrogen) atoms. The number of carboxylic acid groups (broad SMARTS) is 1. The van der Waals surface area contributed by atoms with E-state index in [9.17, 15) is 4.79 Å². The van der Waals surface area contributed by atoms with Crippen molar-refractivity contribution < 1.29 is 19.1 Å². The average molecular weight is 213 g/mol. The van der Waals surface area contributed by atoms with Crippen LogP contribution in [0.1, 0.15) is 37.2 Å². The summed E-state index contributed by atoms with van der Waals surface area (Å²) >= 11 is 0. The molecule has 0 atom stereocenters. The molecule has 0 aliphatic carbocycles. The Morgan fingerprint density at radius 3 is 2.73 bits per heavy atom. The molecule has 1 aromatic heterocycles. The average Bonchev–Trinajstić information content (AvgIpc) is 2.47. The van der Waals surface area contributed by atoms with Gasteiger partial charge in [0.2, 0.25) is 5.69 Å². The molecule has 5 heteroatoms. The predicted octanol–water partition coefficient (Wildman–Crippen LogP) is 1.97. The van der Waals surface area contributed by atoms with Gasteiger partial charge in [-0.25, -0.2) is 9.78 Å². The molecule has 5 nitrogen and oxygen atoms in total. The molecule has 0 aliphatic rings. The molecule has 0 saturated heterocycles. The van der Waals surface area contributed by atoms with Crippen LogP contribution in [0.3, 0.4) is 0 Å². The zero-order valence-corrected chi connectivity index (χ0v) is 9.11. The van der Waals surface area contributed by atoms with E-state index < -0.39 is 5.97 Å². The standard InChI is InChI=1S/C10H15NO4/c1-4-14-10-8(9(12)13)11-7(15-10)5-6(2)3/h6H,4-5H2,1-3H3,(H,12,13). The largest absolute Gasteiger partial charge is 0.476 e. The fourth-order valence-corrected chi connectivity index (χ4v) is 1.15. The maximum Gasteiger partial charge on any atom is 0.362 e. The van der Waals surface area contributed by atoms with Crippen LogP contribution in [-0.4, -0.2) is 22.7 Å². The van der Waals surface area contributed by atoms with Gasteiger partial charge >= 0.3 is 11.9 Å². The molecule has 0 saturated carbocycles. The van der Waals surface area contributed by atoms with Gasteiger partial charge in [0, 0.05) is 6.42 Å². The maximum atomic E-state index is 10.8. The van der Waals surface area contributed by atoms with Crippen molar-refractivity contribution >= 4 is 5.97 Å². The summed E-state index contributed by atoms with van der Waals surface area (Å²) in [6.07, 6.45) is 0.605. The molecule has 0 amide bonds. The number of aromatic nitrogens is 1. The van der Waals surface area contributed by atoms with Crippen molar-refractivity contribution in [2.24, 2.45) is 5.92 Å². The third-order valence-corrected chi connectivity index (χ3v) is 1.70. The Labute approximate surface area is 88.1 Å². The van der Waals surface area contributed by atoms with Crippen LogP contribution in [0.4, 0.5) is 0 Å². The Hall–Kier alpha value is -1.52. The zero-order chi connectivity index (χ0) is 11.4. The molecule has 0 radical (unpaired) electrons. The van der Waals surface area contributed by atoms with Crippen molar-refractivity contribution in [1.82, 2.24) is 4.98 Å². The molecule has 1 heterocycles. The number of nitrogens with zero attached hydrogens (tertiary/aromatic N) is 1. The molecule has 0 aromatic carbocycles. The molecule has 1 aromatic rings. The van der Waals surface area contributed by atoms with E-state index in [0.29, 0.717) is 24.8 Å². The monoisotopic (exact) mass is 213 g/mol. The third-order valence-electron chi connectivity index (χ3n) is 1.70. The van der Waals surface area contributed by atoms with E-state index in [-0.39, 0.29) is 11.6 Å². The highest BCUT2D eigenvalue weighted by atomic mass is 16.6. The first kappa shape index (κ1) is 11.6. The zero-order valence-electron chi connectivity index (χ0n) is 9.11. The van der Waals surface area contributed by atoms with Gasteiger partial charge in [-0.1, -0.05) is 13.8 Å². The van der Waals surface area contributed by atoms with E-state index in [2.05, 4.69) is 4.98 Å². The molecule has 0 spiro atoms. The highest BCUT2D eigenvalue weighted by molar-refractivity contribution is 5.87. The second-order valence-corrected chi connectivity index (χ2v) is 3.58. The van der Waals surface area contributed by atoms with Gasteiger partial charge in [-0.05, 0) is 12.8 Å². The first-order valence-electron chi connectivity index (χ1n) is 4.90. The number of carboxylic acids is 1. The minimum absolute atomic E-state index is 0.000602. The summed E-state index contributed by atoms with van der Waals surface area (Å²) in [6, 6.07) is 0. The van der Waals surface area contributed by atoms with Crippen LogP contribution in [0.5, 0.6) is 5.95 Å². The second kappa shape index (κ2) is 4.82.